The zero-order chi connectivity index (χ0) is 14.8. The van der Waals surface area contributed by atoms with Crippen molar-refractivity contribution in [2.75, 3.05) is 6.54 Å². The van der Waals surface area contributed by atoms with E-state index in [0.717, 1.165) is 24.9 Å². The normalized spacial score (nSPS) is 23.1. The minimum Gasteiger partial charge on any atom is -0.480 e. The molecule has 1 heterocycles. The van der Waals surface area contributed by atoms with Gasteiger partial charge in [0.05, 0.1) is 5.02 Å². The molecule has 1 aromatic carbocycles. The smallest absolute Gasteiger partial charge is 0.324 e. The molecule has 3 nitrogen and oxygen atoms in total. The number of carboxylic acid groups (broad SMARTS) is 1. The molecule has 1 saturated heterocycles. The van der Waals surface area contributed by atoms with Gasteiger partial charge >= 0.3 is 5.97 Å². The lowest BCUT2D eigenvalue weighted by Crippen LogP contribution is -2.49. The van der Waals surface area contributed by atoms with Crippen LogP contribution in [0.1, 0.15) is 38.2 Å². The highest BCUT2D eigenvalue weighted by Gasteiger charge is 2.46. The lowest BCUT2D eigenvalue weighted by molar-refractivity contribution is -0.150. The lowest BCUT2D eigenvalue weighted by atomic mass is 9.90. The van der Waals surface area contributed by atoms with Crippen molar-refractivity contribution in [1.82, 2.24) is 4.90 Å². The molecular weight excluding hydrogens is 281 g/mol. The van der Waals surface area contributed by atoms with E-state index in [2.05, 4.69) is 0 Å². The molecule has 1 aliphatic heterocycles. The molecule has 0 aromatic heterocycles. The average molecular weight is 300 g/mol. The first-order valence-electron chi connectivity index (χ1n) is 6.92. The third-order valence-electron chi connectivity index (χ3n) is 4.04. The summed E-state index contributed by atoms with van der Waals surface area (Å²) in [6.07, 6.45) is 3.01. The van der Waals surface area contributed by atoms with Gasteiger partial charge in [-0.2, -0.15) is 0 Å². The fourth-order valence-electron chi connectivity index (χ4n) is 3.07. The predicted octanol–water partition coefficient (Wildman–Crippen LogP) is 3.70. The number of likely N-dealkylation sites (tertiary alicyclic amines) is 1. The molecule has 1 aromatic rings. The van der Waals surface area contributed by atoms with E-state index < -0.39 is 17.3 Å². The highest BCUT2D eigenvalue weighted by molar-refractivity contribution is 6.30. The van der Waals surface area contributed by atoms with Crippen LogP contribution in [0, 0.1) is 5.82 Å². The molecule has 1 fully saturated rings. The van der Waals surface area contributed by atoms with Crippen molar-refractivity contribution in [3.05, 3.63) is 34.6 Å². The molecule has 110 valence electrons. The summed E-state index contributed by atoms with van der Waals surface area (Å²) in [5.74, 6) is -1.21. The Bertz CT molecular complexity index is 509. The van der Waals surface area contributed by atoms with Crippen molar-refractivity contribution in [1.29, 1.82) is 0 Å². The van der Waals surface area contributed by atoms with Crippen LogP contribution in [0.25, 0.3) is 0 Å². The number of carbonyl (C=O) groups is 1. The first-order valence-corrected chi connectivity index (χ1v) is 7.30. The SMILES string of the molecule is CCCC1(C(=O)O)CCCN1Cc1ccc(F)c(Cl)c1. The van der Waals surface area contributed by atoms with Crippen LogP contribution in [-0.4, -0.2) is 28.1 Å². The summed E-state index contributed by atoms with van der Waals surface area (Å²) in [6.45, 7) is 3.24. The summed E-state index contributed by atoms with van der Waals surface area (Å²) in [5, 5.41) is 9.70. The van der Waals surface area contributed by atoms with Crippen LogP contribution in [0.3, 0.4) is 0 Å². The number of halogens is 2. The molecule has 0 aliphatic carbocycles. The Balaban J connectivity index is 2.22. The van der Waals surface area contributed by atoms with Crippen molar-refractivity contribution in [2.45, 2.75) is 44.7 Å². The van der Waals surface area contributed by atoms with Gasteiger partial charge in [0, 0.05) is 6.54 Å². The summed E-state index contributed by atoms with van der Waals surface area (Å²) in [5.41, 5.74) is 0.0651. The van der Waals surface area contributed by atoms with Crippen molar-refractivity contribution >= 4 is 17.6 Å². The molecule has 0 radical (unpaired) electrons. The summed E-state index contributed by atoms with van der Waals surface area (Å²) in [6, 6.07) is 4.57. The van der Waals surface area contributed by atoms with Crippen LogP contribution < -0.4 is 0 Å². The molecule has 1 N–H and O–H groups in total. The zero-order valence-electron chi connectivity index (χ0n) is 11.5. The van der Waals surface area contributed by atoms with Crippen LogP contribution in [-0.2, 0) is 11.3 Å². The van der Waals surface area contributed by atoms with Crippen LogP contribution in [0.15, 0.2) is 18.2 Å². The maximum Gasteiger partial charge on any atom is 0.324 e. The molecule has 0 amide bonds. The number of hydrogen-bond donors (Lipinski definition) is 1. The van der Waals surface area contributed by atoms with Crippen LogP contribution >= 0.6 is 11.6 Å². The van der Waals surface area contributed by atoms with E-state index in [1.165, 1.54) is 6.07 Å². The van der Waals surface area contributed by atoms with Crippen molar-refractivity contribution in [3.8, 4) is 0 Å². The van der Waals surface area contributed by atoms with Gasteiger partial charge in [0.15, 0.2) is 0 Å². The van der Waals surface area contributed by atoms with E-state index in [-0.39, 0.29) is 5.02 Å². The molecule has 1 unspecified atom stereocenters. The topological polar surface area (TPSA) is 40.5 Å². The van der Waals surface area contributed by atoms with Crippen LogP contribution in [0.5, 0.6) is 0 Å². The Morgan fingerprint density at radius 2 is 2.30 bits per heavy atom. The quantitative estimate of drug-likeness (QED) is 0.901. The summed E-state index contributed by atoms with van der Waals surface area (Å²) < 4.78 is 13.2. The van der Waals surface area contributed by atoms with E-state index in [1.807, 2.05) is 11.8 Å². The van der Waals surface area contributed by atoms with Crippen molar-refractivity contribution < 1.29 is 14.3 Å². The number of rotatable bonds is 5. The van der Waals surface area contributed by atoms with Gasteiger partial charge in [-0.1, -0.05) is 31.0 Å². The Labute approximate surface area is 123 Å². The van der Waals surface area contributed by atoms with Gasteiger partial charge in [-0.15, -0.1) is 0 Å². The average Bonchev–Trinajstić information content (AvgIpc) is 2.79. The Hall–Kier alpha value is -1.13. The zero-order valence-corrected chi connectivity index (χ0v) is 12.3. The minimum absolute atomic E-state index is 0.0816. The van der Waals surface area contributed by atoms with Crippen molar-refractivity contribution in [2.24, 2.45) is 0 Å². The molecule has 0 spiro atoms. The number of benzene rings is 1. The van der Waals surface area contributed by atoms with Gasteiger partial charge in [0.1, 0.15) is 11.4 Å². The fourth-order valence-corrected chi connectivity index (χ4v) is 3.27. The monoisotopic (exact) mass is 299 g/mol. The third-order valence-corrected chi connectivity index (χ3v) is 4.33. The van der Waals surface area contributed by atoms with Crippen LogP contribution in [0.2, 0.25) is 5.02 Å². The Kier molecular flexibility index (Phi) is 4.66. The largest absolute Gasteiger partial charge is 0.480 e. The van der Waals surface area contributed by atoms with Gasteiger partial charge in [0.25, 0.3) is 0 Å². The summed E-state index contributed by atoms with van der Waals surface area (Å²) in [4.78, 5) is 13.7. The predicted molar refractivity (Wildman–Crippen MR) is 76.3 cm³/mol. The van der Waals surface area contributed by atoms with Gasteiger partial charge in [0.2, 0.25) is 0 Å². The van der Waals surface area contributed by atoms with E-state index >= 15 is 0 Å². The Morgan fingerprint density at radius 3 is 2.90 bits per heavy atom. The molecule has 0 bridgehead atoms. The standard InChI is InChI=1S/C15H19ClFNO2/c1-2-6-15(14(19)20)7-3-8-18(15)10-11-4-5-13(17)12(16)9-11/h4-5,9H,2-3,6-8,10H2,1H3,(H,19,20). The minimum atomic E-state index is -0.782. The number of nitrogens with zero attached hydrogens (tertiary/aromatic N) is 1. The molecule has 1 aliphatic rings. The molecular formula is C15H19ClFNO2. The first kappa shape index (κ1) is 15.3. The maximum atomic E-state index is 13.2. The van der Waals surface area contributed by atoms with Crippen LogP contribution in [0.4, 0.5) is 4.39 Å². The number of aliphatic carboxylic acids is 1. The molecule has 2 rings (SSSR count). The van der Waals surface area contributed by atoms with Crippen molar-refractivity contribution in [3.63, 3.8) is 0 Å². The lowest BCUT2D eigenvalue weighted by Gasteiger charge is -2.34. The second kappa shape index (κ2) is 6.10. The Morgan fingerprint density at radius 1 is 1.55 bits per heavy atom. The van der Waals surface area contributed by atoms with E-state index in [9.17, 15) is 14.3 Å². The number of carboxylic acids is 1. The van der Waals surface area contributed by atoms with Gasteiger partial charge in [-0.05, 0) is 43.5 Å². The van der Waals surface area contributed by atoms with E-state index in [4.69, 9.17) is 11.6 Å². The maximum absolute atomic E-state index is 13.2. The fraction of sp³-hybridized carbons (Fsp3) is 0.533. The number of hydrogen-bond acceptors (Lipinski definition) is 2. The highest BCUT2D eigenvalue weighted by Crippen LogP contribution is 2.35. The van der Waals surface area contributed by atoms with Gasteiger partial charge < -0.3 is 5.11 Å². The molecule has 20 heavy (non-hydrogen) atoms. The van der Waals surface area contributed by atoms with Gasteiger partial charge in [-0.3, -0.25) is 9.69 Å². The molecule has 0 saturated carbocycles. The summed E-state index contributed by atoms with van der Waals surface area (Å²) in [7, 11) is 0. The van der Waals surface area contributed by atoms with E-state index in [0.29, 0.717) is 19.4 Å². The third kappa shape index (κ3) is 2.81. The molecule has 1 atom stereocenters. The second-order valence-corrected chi connectivity index (χ2v) is 5.77. The van der Waals surface area contributed by atoms with Gasteiger partial charge in [-0.25, -0.2) is 4.39 Å². The molecule has 5 heteroatoms. The summed E-state index contributed by atoms with van der Waals surface area (Å²) >= 11 is 5.78. The first-order chi connectivity index (χ1) is 9.49. The highest BCUT2D eigenvalue weighted by atomic mass is 35.5. The van der Waals surface area contributed by atoms with E-state index in [1.54, 1.807) is 12.1 Å². The second-order valence-electron chi connectivity index (χ2n) is 5.36.